The fraction of sp³-hybridized carbons (Fsp3) is 0.368. The summed E-state index contributed by atoms with van der Waals surface area (Å²) in [5, 5.41) is 8.55. The first-order valence-corrected chi connectivity index (χ1v) is 9.75. The molecule has 0 spiro atoms. The van der Waals surface area contributed by atoms with E-state index < -0.39 is 0 Å². The SMILES string of the molecule is CC(=O)Nc1ccc(NC(=O)NCCN2CCN(c3ncccn3)CC2)c(Cl)c1. The number of anilines is 3. The molecule has 3 rings (SSSR count). The van der Waals surface area contributed by atoms with Crippen molar-refractivity contribution in [1.29, 1.82) is 0 Å². The molecule has 0 bridgehead atoms. The zero-order valence-electron chi connectivity index (χ0n) is 16.2. The summed E-state index contributed by atoms with van der Waals surface area (Å²) >= 11 is 6.16. The third kappa shape index (κ3) is 6.30. The molecule has 9 nitrogen and oxygen atoms in total. The van der Waals surface area contributed by atoms with Crippen LogP contribution in [0.5, 0.6) is 0 Å². The van der Waals surface area contributed by atoms with E-state index in [0.29, 0.717) is 22.9 Å². The number of hydrogen-bond acceptors (Lipinski definition) is 6. The molecule has 0 saturated carbocycles. The van der Waals surface area contributed by atoms with Crippen molar-refractivity contribution in [3.05, 3.63) is 41.7 Å². The van der Waals surface area contributed by atoms with Crippen LogP contribution in [0.1, 0.15) is 6.92 Å². The highest BCUT2D eigenvalue weighted by Gasteiger charge is 2.18. The molecule has 2 heterocycles. The number of aromatic nitrogens is 2. The molecule has 2 aromatic rings. The Morgan fingerprint density at radius 1 is 1.10 bits per heavy atom. The molecule has 1 aliphatic rings. The largest absolute Gasteiger partial charge is 0.338 e. The Bertz CT molecular complexity index is 842. The van der Waals surface area contributed by atoms with Gasteiger partial charge >= 0.3 is 6.03 Å². The molecular formula is C19H24ClN7O2. The maximum Gasteiger partial charge on any atom is 0.319 e. The number of rotatable bonds is 6. The first-order chi connectivity index (χ1) is 14.0. The van der Waals surface area contributed by atoms with E-state index in [4.69, 9.17) is 11.6 Å². The molecule has 0 aliphatic carbocycles. The van der Waals surface area contributed by atoms with Gasteiger partial charge in [0.2, 0.25) is 11.9 Å². The second-order valence-corrected chi connectivity index (χ2v) is 7.04. The molecule has 154 valence electrons. The summed E-state index contributed by atoms with van der Waals surface area (Å²) < 4.78 is 0. The number of hydrogen-bond donors (Lipinski definition) is 3. The summed E-state index contributed by atoms with van der Waals surface area (Å²) in [5.41, 5.74) is 1.06. The number of urea groups is 1. The Kier molecular flexibility index (Phi) is 7.20. The topological polar surface area (TPSA) is 102 Å². The van der Waals surface area contributed by atoms with E-state index in [1.165, 1.54) is 6.92 Å². The third-order valence-electron chi connectivity index (χ3n) is 4.46. The van der Waals surface area contributed by atoms with Crippen molar-refractivity contribution in [1.82, 2.24) is 20.2 Å². The fourth-order valence-corrected chi connectivity index (χ4v) is 3.25. The quantitative estimate of drug-likeness (QED) is 0.664. The van der Waals surface area contributed by atoms with Crippen molar-refractivity contribution >= 4 is 40.9 Å². The van der Waals surface area contributed by atoms with Crippen molar-refractivity contribution in [3.63, 3.8) is 0 Å². The molecule has 1 saturated heterocycles. The lowest BCUT2D eigenvalue weighted by molar-refractivity contribution is -0.114. The van der Waals surface area contributed by atoms with Gasteiger partial charge in [-0.15, -0.1) is 0 Å². The van der Waals surface area contributed by atoms with Crippen molar-refractivity contribution in [2.75, 3.05) is 54.8 Å². The fourth-order valence-electron chi connectivity index (χ4n) is 3.02. The first kappa shape index (κ1) is 20.8. The van der Waals surface area contributed by atoms with Crippen LogP contribution in [0.25, 0.3) is 0 Å². The average Bonchev–Trinajstić information content (AvgIpc) is 2.71. The first-order valence-electron chi connectivity index (χ1n) is 9.37. The zero-order chi connectivity index (χ0) is 20.6. The second kappa shape index (κ2) is 10.0. The molecule has 1 aromatic carbocycles. The Hall–Kier alpha value is -2.91. The standard InChI is InChI=1S/C19H24ClN7O2/c1-14(28)24-15-3-4-17(16(20)13-15)25-19(29)23-7-8-26-9-11-27(12-10-26)18-21-5-2-6-22-18/h2-6,13H,7-12H2,1H3,(H,24,28)(H2,23,25,29). The molecule has 0 unspecified atom stereocenters. The Balaban J connectivity index is 1.38. The van der Waals surface area contributed by atoms with Crippen LogP contribution in [0, 0.1) is 0 Å². The minimum Gasteiger partial charge on any atom is -0.338 e. The Morgan fingerprint density at radius 2 is 1.83 bits per heavy atom. The van der Waals surface area contributed by atoms with E-state index in [2.05, 4.69) is 35.7 Å². The minimum absolute atomic E-state index is 0.184. The zero-order valence-corrected chi connectivity index (χ0v) is 16.9. The van der Waals surface area contributed by atoms with Crippen LogP contribution in [-0.4, -0.2) is 66.1 Å². The Labute approximate surface area is 174 Å². The van der Waals surface area contributed by atoms with Crippen LogP contribution < -0.4 is 20.9 Å². The van der Waals surface area contributed by atoms with Gasteiger partial charge in [0, 0.05) is 64.3 Å². The number of amides is 3. The second-order valence-electron chi connectivity index (χ2n) is 6.63. The molecule has 3 N–H and O–H groups in total. The molecule has 1 fully saturated rings. The molecule has 29 heavy (non-hydrogen) atoms. The molecular weight excluding hydrogens is 394 g/mol. The number of nitrogens with zero attached hydrogens (tertiary/aromatic N) is 4. The summed E-state index contributed by atoms with van der Waals surface area (Å²) in [6.07, 6.45) is 3.49. The smallest absolute Gasteiger partial charge is 0.319 e. The molecule has 3 amide bonds. The van der Waals surface area contributed by atoms with E-state index in [1.54, 1.807) is 36.7 Å². The van der Waals surface area contributed by atoms with Crippen molar-refractivity contribution in [2.45, 2.75) is 6.92 Å². The number of halogens is 1. The number of nitrogens with one attached hydrogen (secondary N) is 3. The van der Waals surface area contributed by atoms with E-state index in [-0.39, 0.29) is 11.9 Å². The van der Waals surface area contributed by atoms with E-state index in [9.17, 15) is 9.59 Å². The average molecular weight is 418 g/mol. The monoisotopic (exact) mass is 417 g/mol. The highest BCUT2D eigenvalue weighted by atomic mass is 35.5. The number of carbonyl (C=O) groups is 2. The van der Waals surface area contributed by atoms with Crippen LogP contribution in [0.2, 0.25) is 5.02 Å². The van der Waals surface area contributed by atoms with Gasteiger partial charge in [0.1, 0.15) is 0 Å². The van der Waals surface area contributed by atoms with Crippen molar-refractivity contribution in [2.24, 2.45) is 0 Å². The molecule has 10 heteroatoms. The van der Waals surface area contributed by atoms with Gasteiger partial charge in [-0.1, -0.05) is 11.6 Å². The van der Waals surface area contributed by atoms with Crippen LogP contribution in [0.15, 0.2) is 36.7 Å². The molecule has 1 aromatic heterocycles. The van der Waals surface area contributed by atoms with Crippen LogP contribution >= 0.6 is 11.6 Å². The summed E-state index contributed by atoms with van der Waals surface area (Å²) in [6, 6.07) is 6.40. The normalized spacial score (nSPS) is 14.3. The highest BCUT2D eigenvalue weighted by molar-refractivity contribution is 6.34. The van der Waals surface area contributed by atoms with Gasteiger partial charge in [0.15, 0.2) is 0 Å². The van der Waals surface area contributed by atoms with Gasteiger partial charge in [0.05, 0.1) is 10.7 Å². The molecule has 1 aliphatic heterocycles. The van der Waals surface area contributed by atoms with Crippen molar-refractivity contribution in [3.8, 4) is 0 Å². The molecule has 0 atom stereocenters. The van der Waals surface area contributed by atoms with Crippen LogP contribution in [-0.2, 0) is 4.79 Å². The van der Waals surface area contributed by atoms with Gasteiger partial charge in [0.25, 0.3) is 0 Å². The Morgan fingerprint density at radius 3 is 2.48 bits per heavy atom. The summed E-state index contributed by atoms with van der Waals surface area (Å²) in [4.78, 5) is 36.2. The lowest BCUT2D eigenvalue weighted by Gasteiger charge is -2.34. The lowest BCUT2D eigenvalue weighted by atomic mass is 10.2. The minimum atomic E-state index is -0.324. The predicted molar refractivity (Wildman–Crippen MR) is 113 cm³/mol. The summed E-state index contributed by atoms with van der Waals surface area (Å²) in [7, 11) is 0. The number of piperazine rings is 1. The maximum absolute atomic E-state index is 12.1. The van der Waals surface area contributed by atoms with E-state index in [0.717, 1.165) is 38.7 Å². The van der Waals surface area contributed by atoms with Gasteiger partial charge in [-0.3, -0.25) is 9.69 Å². The van der Waals surface area contributed by atoms with Gasteiger partial charge in [-0.05, 0) is 24.3 Å². The van der Waals surface area contributed by atoms with Crippen molar-refractivity contribution < 1.29 is 9.59 Å². The molecule has 0 radical (unpaired) electrons. The van der Waals surface area contributed by atoms with E-state index >= 15 is 0 Å². The van der Waals surface area contributed by atoms with Gasteiger partial charge < -0.3 is 20.9 Å². The third-order valence-corrected chi connectivity index (χ3v) is 4.77. The number of benzene rings is 1. The lowest BCUT2D eigenvalue weighted by Crippen LogP contribution is -2.49. The summed E-state index contributed by atoms with van der Waals surface area (Å²) in [5.74, 6) is 0.572. The number of carbonyl (C=O) groups excluding carboxylic acids is 2. The van der Waals surface area contributed by atoms with Crippen LogP contribution in [0.3, 0.4) is 0 Å². The summed E-state index contributed by atoms with van der Waals surface area (Å²) in [6.45, 7) is 6.18. The predicted octanol–water partition coefficient (Wildman–Crippen LogP) is 2.03. The van der Waals surface area contributed by atoms with E-state index in [1.807, 2.05) is 0 Å². The highest BCUT2D eigenvalue weighted by Crippen LogP contribution is 2.25. The van der Waals surface area contributed by atoms with Crippen LogP contribution in [0.4, 0.5) is 22.1 Å². The van der Waals surface area contributed by atoms with Gasteiger partial charge in [-0.2, -0.15) is 0 Å². The van der Waals surface area contributed by atoms with Gasteiger partial charge in [-0.25, -0.2) is 14.8 Å². The maximum atomic E-state index is 12.1.